The summed E-state index contributed by atoms with van der Waals surface area (Å²) in [5.74, 6) is 0.418. The number of alkyl halides is 3. The summed E-state index contributed by atoms with van der Waals surface area (Å²) < 4.78 is 44.4. The van der Waals surface area contributed by atoms with E-state index in [1.54, 1.807) is 6.92 Å². The summed E-state index contributed by atoms with van der Waals surface area (Å²) >= 11 is 0. The Kier molecular flexibility index (Phi) is 4.22. The molecule has 0 spiro atoms. The van der Waals surface area contributed by atoms with Crippen molar-refractivity contribution in [1.82, 2.24) is 9.78 Å². The third-order valence-electron chi connectivity index (χ3n) is 3.13. The molecule has 0 aliphatic heterocycles. The Bertz CT molecular complexity index is 618. The van der Waals surface area contributed by atoms with E-state index in [0.717, 1.165) is 17.7 Å². The van der Waals surface area contributed by atoms with Crippen LogP contribution in [-0.2, 0) is 12.6 Å². The molecule has 0 unspecified atom stereocenters. The SMILES string of the molecule is COc1c(CCO)c(C)nn1-c1ccc(C(F)(F)F)cc1. The summed E-state index contributed by atoms with van der Waals surface area (Å²) in [5, 5.41) is 13.3. The van der Waals surface area contributed by atoms with Crippen LogP contribution in [0.25, 0.3) is 5.69 Å². The Morgan fingerprint density at radius 1 is 1.24 bits per heavy atom. The third-order valence-corrected chi connectivity index (χ3v) is 3.13. The monoisotopic (exact) mass is 300 g/mol. The molecule has 2 aromatic rings. The molecule has 0 saturated carbocycles. The van der Waals surface area contributed by atoms with Gasteiger partial charge >= 0.3 is 6.18 Å². The highest BCUT2D eigenvalue weighted by Gasteiger charge is 2.30. The lowest BCUT2D eigenvalue weighted by atomic mass is 10.2. The van der Waals surface area contributed by atoms with E-state index in [0.29, 0.717) is 23.7 Å². The van der Waals surface area contributed by atoms with Crippen molar-refractivity contribution in [2.45, 2.75) is 19.5 Å². The highest BCUT2D eigenvalue weighted by Crippen LogP contribution is 2.31. The molecular weight excluding hydrogens is 285 g/mol. The van der Waals surface area contributed by atoms with Crippen molar-refractivity contribution >= 4 is 0 Å². The maximum atomic E-state index is 12.6. The van der Waals surface area contributed by atoms with Gasteiger partial charge in [0.25, 0.3) is 0 Å². The fraction of sp³-hybridized carbons (Fsp3) is 0.357. The van der Waals surface area contributed by atoms with Crippen molar-refractivity contribution in [2.75, 3.05) is 13.7 Å². The van der Waals surface area contributed by atoms with Crippen molar-refractivity contribution in [2.24, 2.45) is 0 Å². The van der Waals surface area contributed by atoms with Gasteiger partial charge in [-0.25, -0.2) is 4.68 Å². The van der Waals surface area contributed by atoms with Crippen LogP contribution in [0.4, 0.5) is 13.2 Å². The van der Waals surface area contributed by atoms with Gasteiger partial charge in [-0.1, -0.05) is 0 Å². The van der Waals surface area contributed by atoms with Crippen LogP contribution in [0.2, 0.25) is 0 Å². The molecule has 0 aliphatic carbocycles. The number of methoxy groups -OCH3 is 1. The van der Waals surface area contributed by atoms with Crippen LogP contribution >= 0.6 is 0 Å². The zero-order chi connectivity index (χ0) is 15.6. The highest BCUT2D eigenvalue weighted by atomic mass is 19.4. The van der Waals surface area contributed by atoms with Gasteiger partial charge in [-0.15, -0.1) is 0 Å². The predicted octanol–water partition coefficient (Wildman–Crippen LogP) is 2.74. The molecule has 0 saturated heterocycles. The van der Waals surface area contributed by atoms with Crippen LogP contribution in [0.15, 0.2) is 24.3 Å². The van der Waals surface area contributed by atoms with Crippen LogP contribution in [0, 0.1) is 6.92 Å². The second kappa shape index (κ2) is 5.77. The topological polar surface area (TPSA) is 47.3 Å². The smallest absolute Gasteiger partial charge is 0.416 e. The van der Waals surface area contributed by atoms with Gasteiger partial charge in [0, 0.05) is 18.6 Å². The summed E-state index contributed by atoms with van der Waals surface area (Å²) in [5.41, 5.74) is 1.15. The third kappa shape index (κ3) is 3.02. The number of halogens is 3. The number of aliphatic hydroxyl groups is 1. The van der Waals surface area contributed by atoms with Gasteiger partial charge in [0.05, 0.1) is 24.1 Å². The fourth-order valence-corrected chi connectivity index (χ4v) is 2.11. The summed E-state index contributed by atoms with van der Waals surface area (Å²) in [6, 6.07) is 4.66. The Morgan fingerprint density at radius 3 is 2.33 bits per heavy atom. The number of aliphatic hydroxyl groups excluding tert-OH is 1. The minimum atomic E-state index is -4.37. The lowest BCUT2D eigenvalue weighted by Crippen LogP contribution is -2.06. The molecule has 0 radical (unpaired) electrons. The van der Waals surface area contributed by atoms with E-state index in [2.05, 4.69) is 5.10 Å². The van der Waals surface area contributed by atoms with Crippen molar-refractivity contribution in [1.29, 1.82) is 0 Å². The molecular formula is C14H15F3N2O2. The lowest BCUT2D eigenvalue weighted by Gasteiger charge is -2.10. The van der Waals surface area contributed by atoms with Crippen molar-refractivity contribution < 1.29 is 23.0 Å². The van der Waals surface area contributed by atoms with Gasteiger partial charge in [-0.3, -0.25) is 0 Å². The van der Waals surface area contributed by atoms with Gasteiger partial charge in [0.1, 0.15) is 0 Å². The van der Waals surface area contributed by atoms with Crippen molar-refractivity contribution in [3.8, 4) is 11.6 Å². The second-order valence-corrected chi connectivity index (χ2v) is 4.50. The zero-order valence-electron chi connectivity index (χ0n) is 11.6. The van der Waals surface area contributed by atoms with Crippen LogP contribution < -0.4 is 4.74 Å². The summed E-state index contributed by atoms with van der Waals surface area (Å²) in [6.45, 7) is 1.70. The molecule has 0 atom stereocenters. The summed E-state index contributed by atoms with van der Waals surface area (Å²) in [7, 11) is 1.46. The van der Waals surface area contributed by atoms with Crippen LogP contribution in [0.1, 0.15) is 16.8 Å². The van der Waals surface area contributed by atoms with Crippen LogP contribution in [-0.4, -0.2) is 28.6 Å². The molecule has 7 heteroatoms. The minimum Gasteiger partial charge on any atom is -0.481 e. The molecule has 114 valence electrons. The number of rotatable bonds is 4. The van der Waals surface area contributed by atoms with E-state index in [1.807, 2.05) is 0 Å². The first-order valence-electron chi connectivity index (χ1n) is 6.29. The average Bonchev–Trinajstić information content (AvgIpc) is 2.75. The molecule has 1 aromatic carbocycles. The van der Waals surface area contributed by atoms with E-state index in [1.165, 1.54) is 23.9 Å². The second-order valence-electron chi connectivity index (χ2n) is 4.50. The molecule has 1 N–H and O–H groups in total. The Labute approximate surface area is 119 Å². The van der Waals surface area contributed by atoms with E-state index >= 15 is 0 Å². The van der Waals surface area contributed by atoms with Crippen molar-refractivity contribution in [3.05, 3.63) is 41.1 Å². The molecule has 1 heterocycles. The standard InChI is InChI=1S/C14H15F3N2O2/c1-9-12(7-8-20)13(21-2)19(18-9)11-5-3-10(4-6-11)14(15,16)17/h3-6,20H,7-8H2,1-2H3. The quantitative estimate of drug-likeness (QED) is 0.944. The normalized spacial score (nSPS) is 11.7. The minimum absolute atomic E-state index is 0.0596. The first-order valence-corrected chi connectivity index (χ1v) is 6.29. The Morgan fingerprint density at radius 2 is 1.86 bits per heavy atom. The fourth-order valence-electron chi connectivity index (χ4n) is 2.11. The van der Waals surface area contributed by atoms with Gasteiger partial charge in [-0.05, 0) is 31.2 Å². The molecule has 1 aromatic heterocycles. The molecule has 0 fully saturated rings. The van der Waals surface area contributed by atoms with E-state index in [4.69, 9.17) is 9.84 Å². The lowest BCUT2D eigenvalue weighted by molar-refractivity contribution is -0.137. The zero-order valence-corrected chi connectivity index (χ0v) is 11.6. The maximum absolute atomic E-state index is 12.6. The largest absolute Gasteiger partial charge is 0.481 e. The van der Waals surface area contributed by atoms with Gasteiger partial charge in [0.15, 0.2) is 0 Å². The summed E-state index contributed by atoms with van der Waals surface area (Å²) in [4.78, 5) is 0. The molecule has 21 heavy (non-hydrogen) atoms. The number of hydrogen-bond acceptors (Lipinski definition) is 3. The van der Waals surface area contributed by atoms with Crippen LogP contribution in [0.3, 0.4) is 0 Å². The average molecular weight is 300 g/mol. The van der Waals surface area contributed by atoms with Gasteiger partial charge < -0.3 is 9.84 Å². The highest BCUT2D eigenvalue weighted by molar-refractivity contribution is 5.42. The van der Waals surface area contributed by atoms with Gasteiger partial charge in [0.2, 0.25) is 5.88 Å². The Hall–Kier alpha value is -2.02. The van der Waals surface area contributed by atoms with Crippen molar-refractivity contribution in [3.63, 3.8) is 0 Å². The molecule has 0 aliphatic rings. The molecule has 4 nitrogen and oxygen atoms in total. The predicted molar refractivity (Wildman–Crippen MR) is 70.6 cm³/mol. The van der Waals surface area contributed by atoms with Gasteiger partial charge in [-0.2, -0.15) is 18.3 Å². The number of aryl methyl sites for hydroxylation is 1. The number of ether oxygens (including phenoxy) is 1. The number of nitrogens with zero attached hydrogens (tertiary/aromatic N) is 2. The van der Waals surface area contributed by atoms with E-state index < -0.39 is 11.7 Å². The number of aromatic nitrogens is 2. The molecule has 0 amide bonds. The first kappa shape index (κ1) is 15.4. The summed E-state index contributed by atoms with van der Waals surface area (Å²) in [6.07, 6.45) is -4.00. The van der Waals surface area contributed by atoms with E-state index in [9.17, 15) is 13.2 Å². The number of benzene rings is 1. The van der Waals surface area contributed by atoms with Crippen LogP contribution in [0.5, 0.6) is 5.88 Å². The molecule has 2 rings (SSSR count). The Balaban J connectivity index is 2.45. The van der Waals surface area contributed by atoms with E-state index in [-0.39, 0.29) is 6.61 Å². The molecule has 0 bridgehead atoms. The maximum Gasteiger partial charge on any atom is 0.416 e. The first-order chi connectivity index (χ1) is 9.88. The number of hydrogen-bond donors (Lipinski definition) is 1.